The highest BCUT2D eigenvalue weighted by molar-refractivity contribution is 6.17. The van der Waals surface area contributed by atoms with Crippen LogP contribution in [0.1, 0.15) is 28.4 Å². The molecule has 0 N–H and O–H groups in total. The zero-order chi connectivity index (χ0) is 23.7. The molecule has 0 radical (unpaired) electrons. The van der Waals surface area contributed by atoms with Crippen molar-refractivity contribution in [3.05, 3.63) is 81.4 Å². The second-order valence-corrected chi connectivity index (χ2v) is 7.88. The number of allylic oxidation sites excluding steroid dienone is 1. The van der Waals surface area contributed by atoms with Gasteiger partial charge in [0.15, 0.2) is 11.2 Å². The van der Waals surface area contributed by atoms with E-state index >= 15 is 0 Å². The van der Waals surface area contributed by atoms with Gasteiger partial charge in [0.05, 0.1) is 24.6 Å². The quantitative estimate of drug-likeness (QED) is 0.213. The molecule has 0 bridgehead atoms. The Labute approximate surface area is 185 Å². The van der Waals surface area contributed by atoms with Crippen molar-refractivity contribution in [3.8, 4) is 0 Å². The highest BCUT2D eigenvalue weighted by Crippen LogP contribution is 2.72. The Balaban J connectivity index is 2.10. The van der Waals surface area contributed by atoms with Crippen LogP contribution in [0.25, 0.3) is 6.08 Å². The van der Waals surface area contributed by atoms with E-state index in [-0.39, 0.29) is 5.69 Å². The van der Waals surface area contributed by atoms with Crippen molar-refractivity contribution in [2.45, 2.75) is 13.8 Å². The van der Waals surface area contributed by atoms with Gasteiger partial charge in [-0.15, -0.1) is 0 Å². The number of nitro groups is 1. The summed E-state index contributed by atoms with van der Waals surface area (Å²) in [4.78, 5) is 49.8. The van der Waals surface area contributed by atoms with E-state index in [1.54, 1.807) is 42.5 Å². The molecule has 8 heteroatoms. The summed E-state index contributed by atoms with van der Waals surface area (Å²) < 4.78 is 9.84. The van der Waals surface area contributed by atoms with E-state index in [0.717, 1.165) is 19.8 Å². The number of esters is 2. The van der Waals surface area contributed by atoms with Crippen molar-refractivity contribution in [2.24, 2.45) is 16.7 Å². The molecule has 1 aliphatic carbocycles. The fourth-order valence-electron chi connectivity index (χ4n) is 4.35. The molecular weight excluding hydrogens is 414 g/mol. The highest BCUT2D eigenvalue weighted by Gasteiger charge is 2.86. The van der Waals surface area contributed by atoms with E-state index in [4.69, 9.17) is 9.47 Å². The number of hydrogen-bond donors (Lipinski definition) is 0. The van der Waals surface area contributed by atoms with Crippen LogP contribution in [0, 0.1) is 33.8 Å². The van der Waals surface area contributed by atoms with Crippen LogP contribution in [0.15, 0.2) is 54.6 Å². The van der Waals surface area contributed by atoms with Crippen molar-refractivity contribution < 1.29 is 28.8 Å². The fraction of sp³-hybridized carbons (Fsp3) is 0.292. The van der Waals surface area contributed by atoms with Crippen molar-refractivity contribution in [3.63, 3.8) is 0 Å². The van der Waals surface area contributed by atoms with Crippen LogP contribution in [-0.4, -0.2) is 36.9 Å². The van der Waals surface area contributed by atoms with Crippen LogP contribution >= 0.6 is 0 Å². The lowest BCUT2D eigenvalue weighted by molar-refractivity contribution is -0.384. The molecule has 1 saturated carbocycles. The maximum absolute atomic E-state index is 13.5. The van der Waals surface area contributed by atoms with E-state index in [2.05, 4.69) is 0 Å². The van der Waals surface area contributed by atoms with Crippen LogP contribution in [-0.2, 0) is 19.1 Å². The summed E-state index contributed by atoms with van der Waals surface area (Å²) in [5, 5.41) is 11.1. The standard InChI is InChI=1S/C24H23NO7/c1-15-8-11-17(12-9-15)20(26)23(2)19(24(23,21(27)31-3)22(28)32-4)13-10-16-6-5-7-18(14-16)25(29)30/h5-14,19H,1-4H3/b13-10+/t19-,23+/m0/s1. The smallest absolute Gasteiger partial charge is 0.324 e. The molecule has 0 saturated heterocycles. The molecule has 0 unspecified atom stereocenters. The predicted octanol–water partition coefficient (Wildman–Crippen LogP) is 3.77. The lowest BCUT2D eigenvalue weighted by Crippen LogP contribution is -2.36. The number of rotatable bonds is 7. The molecule has 32 heavy (non-hydrogen) atoms. The average Bonchev–Trinajstić information content (AvgIpc) is 3.36. The molecule has 2 atom stereocenters. The van der Waals surface area contributed by atoms with E-state index in [9.17, 15) is 24.5 Å². The minimum atomic E-state index is -1.87. The van der Waals surface area contributed by atoms with Gasteiger partial charge >= 0.3 is 11.9 Å². The average molecular weight is 437 g/mol. The summed E-state index contributed by atoms with van der Waals surface area (Å²) in [6, 6.07) is 12.7. The fourth-order valence-corrected chi connectivity index (χ4v) is 4.35. The van der Waals surface area contributed by atoms with Gasteiger partial charge in [-0.05, 0) is 19.4 Å². The number of Topliss-reactive ketones (excluding diaryl/α,β-unsaturated/α-hetero) is 1. The van der Waals surface area contributed by atoms with Crippen molar-refractivity contribution in [2.75, 3.05) is 14.2 Å². The minimum absolute atomic E-state index is 0.103. The summed E-state index contributed by atoms with van der Waals surface area (Å²) in [7, 11) is 2.28. The van der Waals surface area contributed by atoms with Crippen molar-refractivity contribution in [1.82, 2.24) is 0 Å². The molecule has 1 aliphatic rings. The second-order valence-electron chi connectivity index (χ2n) is 7.88. The molecule has 166 valence electrons. The molecule has 2 aromatic carbocycles. The number of carbonyl (C=O) groups is 3. The Morgan fingerprint density at radius 1 is 1.03 bits per heavy atom. The van der Waals surface area contributed by atoms with Crippen LogP contribution in [0.4, 0.5) is 5.69 Å². The Bertz CT molecular complexity index is 1100. The van der Waals surface area contributed by atoms with Gasteiger partial charge in [0.2, 0.25) is 0 Å². The first-order chi connectivity index (χ1) is 15.1. The maximum atomic E-state index is 13.5. The van der Waals surface area contributed by atoms with Gasteiger partial charge in [0, 0.05) is 23.6 Å². The van der Waals surface area contributed by atoms with Crippen LogP contribution in [0.5, 0.6) is 0 Å². The van der Waals surface area contributed by atoms with Crippen molar-refractivity contribution in [1.29, 1.82) is 0 Å². The largest absolute Gasteiger partial charge is 0.468 e. The van der Waals surface area contributed by atoms with Gasteiger partial charge < -0.3 is 9.47 Å². The van der Waals surface area contributed by atoms with E-state index < -0.39 is 39.4 Å². The first-order valence-corrected chi connectivity index (χ1v) is 9.85. The summed E-state index contributed by atoms with van der Waals surface area (Å²) in [6.45, 7) is 3.41. The van der Waals surface area contributed by atoms with Crippen LogP contribution in [0.2, 0.25) is 0 Å². The highest BCUT2D eigenvalue weighted by atomic mass is 16.6. The lowest BCUT2D eigenvalue weighted by atomic mass is 9.86. The zero-order valence-electron chi connectivity index (χ0n) is 18.2. The monoisotopic (exact) mass is 437 g/mol. The zero-order valence-corrected chi connectivity index (χ0v) is 18.2. The predicted molar refractivity (Wildman–Crippen MR) is 116 cm³/mol. The molecule has 1 fully saturated rings. The van der Waals surface area contributed by atoms with Crippen molar-refractivity contribution >= 4 is 29.5 Å². The number of nitrogens with zero attached hydrogens (tertiary/aromatic N) is 1. The number of ether oxygens (including phenoxy) is 2. The number of hydrogen-bond acceptors (Lipinski definition) is 7. The third-order valence-electron chi connectivity index (χ3n) is 6.19. The Morgan fingerprint density at radius 3 is 2.16 bits per heavy atom. The summed E-state index contributed by atoms with van der Waals surface area (Å²) in [5.74, 6) is -3.02. The van der Waals surface area contributed by atoms with E-state index in [1.165, 1.54) is 25.1 Å². The van der Waals surface area contributed by atoms with Gasteiger partial charge in [-0.1, -0.05) is 54.1 Å². The summed E-state index contributed by atoms with van der Waals surface area (Å²) in [6.07, 6.45) is 3.09. The number of benzene rings is 2. The lowest BCUT2D eigenvalue weighted by Gasteiger charge is -2.17. The van der Waals surface area contributed by atoms with Gasteiger partial charge in [0.1, 0.15) is 0 Å². The van der Waals surface area contributed by atoms with E-state index in [0.29, 0.717) is 11.1 Å². The second kappa shape index (κ2) is 8.37. The Morgan fingerprint density at radius 2 is 1.62 bits per heavy atom. The number of aryl methyl sites for hydroxylation is 1. The first kappa shape index (κ1) is 22.9. The SMILES string of the molecule is COC(=O)C1(C(=O)OC)[C@@H](/C=C/c2cccc([N+](=O)[O-])c2)[C@]1(C)C(=O)c1ccc(C)cc1. The molecule has 0 heterocycles. The normalized spacial score (nSPS) is 21.1. The number of carbonyl (C=O) groups excluding carboxylic acids is 3. The first-order valence-electron chi connectivity index (χ1n) is 9.85. The molecule has 8 nitrogen and oxygen atoms in total. The third-order valence-corrected chi connectivity index (χ3v) is 6.19. The molecular formula is C24H23NO7. The number of nitro benzene ring substituents is 1. The molecule has 0 amide bonds. The number of non-ortho nitro benzene ring substituents is 1. The number of methoxy groups -OCH3 is 2. The molecule has 3 rings (SSSR count). The Hall–Kier alpha value is -3.81. The van der Waals surface area contributed by atoms with Gasteiger partial charge in [-0.3, -0.25) is 24.5 Å². The Kier molecular flexibility index (Phi) is 5.98. The van der Waals surface area contributed by atoms with Crippen LogP contribution in [0.3, 0.4) is 0 Å². The van der Waals surface area contributed by atoms with Gasteiger partial charge in [0.25, 0.3) is 5.69 Å². The molecule has 2 aromatic rings. The molecule has 0 spiro atoms. The molecule has 0 aromatic heterocycles. The topological polar surface area (TPSA) is 113 Å². The molecule has 0 aliphatic heterocycles. The number of ketones is 1. The minimum Gasteiger partial charge on any atom is -0.468 e. The van der Waals surface area contributed by atoms with Gasteiger partial charge in [-0.25, -0.2) is 0 Å². The van der Waals surface area contributed by atoms with E-state index in [1.807, 2.05) is 6.92 Å². The third kappa shape index (κ3) is 3.37. The van der Waals surface area contributed by atoms with Crippen LogP contribution < -0.4 is 0 Å². The maximum Gasteiger partial charge on any atom is 0.324 e. The summed E-state index contributed by atoms with van der Waals surface area (Å²) >= 11 is 0. The van der Waals surface area contributed by atoms with Gasteiger partial charge in [-0.2, -0.15) is 0 Å². The summed E-state index contributed by atoms with van der Waals surface area (Å²) in [5.41, 5.74) is -1.64.